The lowest BCUT2D eigenvalue weighted by molar-refractivity contribution is 0.0697. The second-order valence-corrected chi connectivity index (χ2v) is 5.78. The first-order chi connectivity index (χ1) is 13.2. The Kier molecular flexibility index (Phi) is 4.32. The molecule has 0 aliphatic carbocycles. The fraction of sp³-hybridized carbons (Fsp3) is 0. The van der Waals surface area contributed by atoms with Crippen LogP contribution in [0.2, 0.25) is 0 Å². The standard InChI is InChI=1S/C20H15N5O2/c26-19(27)14-5-1-7-15(12-14)23-17-9-11-22-20(25-17)24-16-8-2-4-13-6-3-10-21-18(13)16/h1-12H,(H,26,27)(H2,22,23,24,25). The van der Waals surface area contributed by atoms with Crippen LogP contribution in [0, 0.1) is 0 Å². The van der Waals surface area contributed by atoms with E-state index in [9.17, 15) is 4.79 Å². The number of fused-ring (bicyclic) bond motifs is 1. The molecule has 0 bridgehead atoms. The minimum Gasteiger partial charge on any atom is -0.478 e. The zero-order valence-electron chi connectivity index (χ0n) is 14.1. The van der Waals surface area contributed by atoms with E-state index in [4.69, 9.17) is 5.11 Å². The first kappa shape index (κ1) is 16.5. The fourth-order valence-electron chi connectivity index (χ4n) is 2.69. The largest absolute Gasteiger partial charge is 0.478 e. The van der Waals surface area contributed by atoms with Gasteiger partial charge in [-0.05, 0) is 36.4 Å². The maximum absolute atomic E-state index is 11.1. The van der Waals surface area contributed by atoms with Crippen LogP contribution in [-0.4, -0.2) is 26.0 Å². The molecule has 0 aliphatic heterocycles. The molecule has 2 heterocycles. The molecule has 2 aromatic heterocycles. The van der Waals surface area contributed by atoms with E-state index in [0.29, 0.717) is 17.5 Å². The van der Waals surface area contributed by atoms with Gasteiger partial charge in [0.15, 0.2) is 0 Å². The number of benzene rings is 2. The number of nitrogens with zero attached hydrogens (tertiary/aromatic N) is 3. The first-order valence-corrected chi connectivity index (χ1v) is 8.23. The van der Waals surface area contributed by atoms with Gasteiger partial charge >= 0.3 is 5.97 Å². The summed E-state index contributed by atoms with van der Waals surface area (Å²) >= 11 is 0. The molecule has 27 heavy (non-hydrogen) atoms. The monoisotopic (exact) mass is 357 g/mol. The molecule has 0 atom stereocenters. The highest BCUT2D eigenvalue weighted by Crippen LogP contribution is 2.24. The number of aromatic carboxylic acids is 1. The van der Waals surface area contributed by atoms with Crippen molar-refractivity contribution < 1.29 is 9.90 Å². The number of para-hydroxylation sites is 1. The van der Waals surface area contributed by atoms with E-state index in [0.717, 1.165) is 16.6 Å². The second kappa shape index (κ2) is 7.09. The normalized spacial score (nSPS) is 10.5. The number of carboxylic acid groups (broad SMARTS) is 1. The Morgan fingerprint density at radius 3 is 2.63 bits per heavy atom. The molecule has 4 rings (SSSR count). The molecular formula is C20H15N5O2. The third-order valence-corrected chi connectivity index (χ3v) is 3.92. The molecule has 132 valence electrons. The third-order valence-electron chi connectivity index (χ3n) is 3.92. The molecule has 0 amide bonds. The van der Waals surface area contributed by atoms with Crippen molar-refractivity contribution >= 4 is 40.0 Å². The van der Waals surface area contributed by atoms with E-state index < -0.39 is 5.97 Å². The fourth-order valence-corrected chi connectivity index (χ4v) is 2.69. The molecule has 3 N–H and O–H groups in total. The summed E-state index contributed by atoms with van der Waals surface area (Å²) in [6, 6.07) is 18.0. The van der Waals surface area contributed by atoms with Crippen molar-refractivity contribution in [3.05, 3.63) is 78.6 Å². The summed E-state index contributed by atoms with van der Waals surface area (Å²) in [6.07, 6.45) is 3.36. The van der Waals surface area contributed by atoms with E-state index in [1.807, 2.05) is 30.3 Å². The molecular weight excluding hydrogens is 342 g/mol. The van der Waals surface area contributed by atoms with Gasteiger partial charge in [-0.25, -0.2) is 9.78 Å². The Bertz CT molecular complexity index is 1120. The topological polar surface area (TPSA) is 100 Å². The van der Waals surface area contributed by atoms with Crippen molar-refractivity contribution in [2.75, 3.05) is 10.6 Å². The highest BCUT2D eigenvalue weighted by atomic mass is 16.4. The first-order valence-electron chi connectivity index (χ1n) is 8.23. The Labute approximate surface area is 154 Å². The molecule has 0 fully saturated rings. The average Bonchev–Trinajstić information content (AvgIpc) is 2.69. The van der Waals surface area contributed by atoms with Crippen molar-refractivity contribution in [1.29, 1.82) is 0 Å². The second-order valence-electron chi connectivity index (χ2n) is 5.78. The number of carbonyl (C=O) groups is 1. The number of hydrogen-bond donors (Lipinski definition) is 3. The van der Waals surface area contributed by atoms with Crippen molar-refractivity contribution in [1.82, 2.24) is 15.0 Å². The number of anilines is 4. The lowest BCUT2D eigenvalue weighted by Gasteiger charge is -2.10. The van der Waals surface area contributed by atoms with Crippen LogP contribution < -0.4 is 10.6 Å². The van der Waals surface area contributed by atoms with E-state index in [2.05, 4.69) is 25.6 Å². The van der Waals surface area contributed by atoms with E-state index in [-0.39, 0.29) is 5.56 Å². The molecule has 0 radical (unpaired) electrons. The zero-order valence-corrected chi connectivity index (χ0v) is 14.1. The SMILES string of the molecule is O=C(O)c1cccc(Nc2ccnc(Nc3cccc4cccnc34)n2)c1. The van der Waals surface area contributed by atoms with E-state index >= 15 is 0 Å². The summed E-state index contributed by atoms with van der Waals surface area (Å²) in [5.74, 6) is -0.0251. The number of carboxylic acids is 1. The van der Waals surface area contributed by atoms with Crippen LogP contribution in [0.15, 0.2) is 73.1 Å². The predicted octanol–water partition coefficient (Wildman–Crippen LogP) is 4.21. The third kappa shape index (κ3) is 3.67. The van der Waals surface area contributed by atoms with Gasteiger partial charge in [0.05, 0.1) is 16.8 Å². The van der Waals surface area contributed by atoms with Gasteiger partial charge in [0.2, 0.25) is 5.95 Å². The van der Waals surface area contributed by atoms with Crippen LogP contribution in [0.3, 0.4) is 0 Å². The summed E-state index contributed by atoms with van der Waals surface area (Å²) < 4.78 is 0. The van der Waals surface area contributed by atoms with Gasteiger partial charge in [0, 0.05) is 23.5 Å². The van der Waals surface area contributed by atoms with Gasteiger partial charge in [-0.2, -0.15) is 4.98 Å². The minimum absolute atomic E-state index is 0.203. The van der Waals surface area contributed by atoms with Gasteiger partial charge in [0.25, 0.3) is 0 Å². The highest BCUT2D eigenvalue weighted by Gasteiger charge is 2.07. The summed E-state index contributed by atoms with van der Waals surface area (Å²) in [4.78, 5) is 24.2. The number of pyridine rings is 1. The Morgan fingerprint density at radius 2 is 1.74 bits per heavy atom. The molecule has 0 unspecified atom stereocenters. The average molecular weight is 357 g/mol. The van der Waals surface area contributed by atoms with Crippen LogP contribution in [0.4, 0.5) is 23.1 Å². The number of aromatic nitrogens is 3. The van der Waals surface area contributed by atoms with Crippen LogP contribution in [0.5, 0.6) is 0 Å². The summed E-state index contributed by atoms with van der Waals surface area (Å²) in [5.41, 5.74) is 2.47. The Morgan fingerprint density at radius 1 is 0.889 bits per heavy atom. The molecule has 0 spiro atoms. The lowest BCUT2D eigenvalue weighted by Crippen LogP contribution is -2.02. The molecule has 2 aromatic carbocycles. The predicted molar refractivity (Wildman–Crippen MR) is 104 cm³/mol. The van der Waals surface area contributed by atoms with Gasteiger partial charge in [-0.1, -0.05) is 24.3 Å². The summed E-state index contributed by atoms with van der Waals surface area (Å²) in [6.45, 7) is 0. The van der Waals surface area contributed by atoms with E-state index in [1.165, 1.54) is 6.07 Å². The van der Waals surface area contributed by atoms with Crippen LogP contribution in [0.25, 0.3) is 10.9 Å². The molecule has 0 aliphatic rings. The van der Waals surface area contributed by atoms with Crippen molar-refractivity contribution in [2.24, 2.45) is 0 Å². The van der Waals surface area contributed by atoms with Crippen molar-refractivity contribution in [3.63, 3.8) is 0 Å². The van der Waals surface area contributed by atoms with Gasteiger partial charge in [-0.15, -0.1) is 0 Å². The Balaban J connectivity index is 1.59. The number of hydrogen-bond acceptors (Lipinski definition) is 6. The van der Waals surface area contributed by atoms with Crippen LogP contribution in [-0.2, 0) is 0 Å². The smallest absolute Gasteiger partial charge is 0.335 e. The molecule has 4 aromatic rings. The van der Waals surface area contributed by atoms with Gasteiger partial charge in [-0.3, -0.25) is 4.98 Å². The zero-order chi connectivity index (χ0) is 18.6. The van der Waals surface area contributed by atoms with Crippen molar-refractivity contribution in [2.45, 2.75) is 0 Å². The van der Waals surface area contributed by atoms with Gasteiger partial charge < -0.3 is 15.7 Å². The van der Waals surface area contributed by atoms with Crippen LogP contribution >= 0.6 is 0 Å². The maximum atomic E-state index is 11.1. The maximum Gasteiger partial charge on any atom is 0.335 e. The molecule has 7 nitrogen and oxygen atoms in total. The molecule has 0 saturated carbocycles. The summed E-state index contributed by atoms with van der Waals surface area (Å²) in [5, 5.41) is 16.4. The Hall–Kier alpha value is -4.00. The molecule has 7 heteroatoms. The highest BCUT2D eigenvalue weighted by molar-refractivity contribution is 5.91. The number of rotatable bonds is 5. The van der Waals surface area contributed by atoms with Crippen molar-refractivity contribution in [3.8, 4) is 0 Å². The number of nitrogens with one attached hydrogen (secondary N) is 2. The minimum atomic E-state index is -0.979. The summed E-state index contributed by atoms with van der Waals surface area (Å²) in [7, 11) is 0. The molecule has 0 saturated heterocycles. The quantitative estimate of drug-likeness (QED) is 0.492. The van der Waals surface area contributed by atoms with Gasteiger partial charge in [0.1, 0.15) is 5.82 Å². The van der Waals surface area contributed by atoms with E-state index in [1.54, 1.807) is 36.7 Å². The van der Waals surface area contributed by atoms with Crippen LogP contribution in [0.1, 0.15) is 10.4 Å². The lowest BCUT2D eigenvalue weighted by atomic mass is 10.2.